The molecule has 0 aliphatic carbocycles. The summed E-state index contributed by atoms with van der Waals surface area (Å²) >= 11 is 0. The van der Waals surface area contributed by atoms with Gasteiger partial charge in [-0.15, -0.1) is 0 Å². The standard InChI is InChI=1S/C23H22N4O7/c28-20(29)14-27-13-18(12-24-27)25-22(31)26-19(11-16-7-3-1-4-8-16)21(30)34-23(32)33-15-17-9-5-2-6-10-17/h1-10,12-13,19H,11,14-15H2,(H,28,29)(H2,25,26,31)/t19-/m0/s1. The summed E-state index contributed by atoms with van der Waals surface area (Å²) in [4.78, 5) is 47.8. The van der Waals surface area contributed by atoms with E-state index in [0.717, 1.165) is 10.2 Å². The normalized spacial score (nSPS) is 11.2. The van der Waals surface area contributed by atoms with Crippen LogP contribution in [0.25, 0.3) is 0 Å². The Morgan fingerprint density at radius 3 is 2.26 bits per heavy atom. The predicted octanol–water partition coefficient (Wildman–Crippen LogP) is 2.58. The molecule has 0 saturated carbocycles. The van der Waals surface area contributed by atoms with Crippen molar-refractivity contribution in [2.24, 2.45) is 0 Å². The van der Waals surface area contributed by atoms with Crippen molar-refractivity contribution in [3.05, 3.63) is 84.2 Å². The molecule has 0 bridgehead atoms. The van der Waals surface area contributed by atoms with E-state index < -0.39 is 30.2 Å². The van der Waals surface area contributed by atoms with Crippen LogP contribution in [0, 0.1) is 0 Å². The average Bonchev–Trinajstić information content (AvgIpc) is 3.24. The lowest BCUT2D eigenvalue weighted by Crippen LogP contribution is -2.45. The molecule has 0 fully saturated rings. The first-order chi connectivity index (χ1) is 16.4. The van der Waals surface area contributed by atoms with Gasteiger partial charge in [-0.05, 0) is 11.1 Å². The number of carbonyl (C=O) groups excluding carboxylic acids is 3. The van der Waals surface area contributed by atoms with Crippen LogP contribution < -0.4 is 10.6 Å². The molecule has 3 aromatic rings. The molecule has 1 atom stereocenters. The molecule has 0 saturated heterocycles. The van der Waals surface area contributed by atoms with Crippen LogP contribution in [0.15, 0.2) is 73.1 Å². The second-order valence-electron chi connectivity index (χ2n) is 7.11. The third-order valence-electron chi connectivity index (χ3n) is 4.44. The first kappa shape index (κ1) is 24.0. The highest BCUT2D eigenvalue weighted by atomic mass is 16.7. The highest BCUT2D eigenvalue weighted by Crippen LogP contribution is 2.09. The Morgan fingerprint density at radius 1 is 0.971 bits per heavy atom. The molecule has 11 heteroatoms. The summed E-state index contributed by atoms with van der Waals surface area (Å²) < 4.78 is 10.9. The number of ether oxygens (including phenoxy) is 2. The van der Waals surface area contributed by atoms with Crippen molar-refractivity contribution in [3.8, 4) is 0 Å². The zero-order chi connectivity index (χ0) is 24.3. The van der Waals surface area contributed by atoms with Crippen molar-refractivity contribution in [2.75, 3.05) is 5.32 Å². The maximum atomic E-state index is 12.6. The highest BCUT2D eigenvalue weighted by molar-refractivity contribution is 5.94. The Kier molecular flexibility index (Phi) is 8.33. The topological polar surface area (TPSA) is 149 Å². The zero-order valence-electron chi connectivity index (χ0n) is 17.9. The van der Waals surface area contributed by atoms with Gasteiger partial charge in [0.15, 0.2) is 0 Å². The molecule has 2 aromatic carbocycles. The van der Waals surface area contributed by atoms with Crippen molar-refractivity contribution in [2.45, 2.75) is 25.6 Å². The number of hydrogen-bond donors (Lipinski definition) is 3. The Balaban J connectivity index is 1.60. The number of carboxylic acid groups (broad SMARTS) is 1. The van der Waals surface area contributed by atoms with Crippen molar-refractivity contribution in [1.29, 1.82) is 0 Å². The summed E-state index contributed by atoms with van der Waals surface area (Å²) in [5.74, 6) is -2.09. The fourth-order valence-electron chi connectivity index (χ4n) is 2.92. The largest absolute Gasteiger partial charge is 0.516 e. The quantitative estimate of drug-likeness (QED) is 0.322. The molecular formula is C23H22N4O7. The van der Waals surface area contributed by atoms with E-state index in [1.165, 1.54) is 12.4 Å². The number of esters is 1. The van der Waals surface area contributed by atoms with Crippen molar-refractivity contribution in [1.82, 2.24) is 15.1 Å². The third kappa shape index (κ3) is 7.79. The number of rotatable bonds is 9. The first-order valence-electron chi connectivity index (χ1n) is 10.2. The molecule has 0 unspecified atom stereocenters. The predicted molar refractivity (Wildman–Crippen MR) is 119 cm³/mol. The SMILES string of the molecule is O=C(O)Cn1cc(NC(=O)N[C@@H](Cc2ccccc2)C(=O)OC(=O)OCc2ccccc2)cn1. The molecule has 34 heavy (non-hydrogen) atoms. The zero-order valence-corrected chi connectivity index (χ0v) is 17.9. The smallest absolute Gasteiger partial charge is 0.480 e. The van der Waals surface area contributed by atoms with Gasteiger partial charge in [0.2, 0.25) is 0 Å². The maximum Gasteiger partial charge on any atom is 0.516 e. The van der Waals surface area contributed by atoms with Gasteiger partial charge in [-0.1, -0.05) is 60.7 Å². The fourth-order valence-corrected chi connectivity index (χ4v) is 2.92. The lowest BCUT2D eigenvalue weighted by Gasteiger charge is -2.17. The Labute approximate surface area is 194 Å². The van der Waals surface area contributed by atoms with Crippen molar-refractivity contribution >= 4 is 29.8 Å². The number of hydrogen-bond acceptors (Lipinski definition) is 7. The number of carbonyl (C=O) groups is 4. The molecule has 0 radical (unpaired) electrons. The molecular weight excluding hydrogens is 444 g/mol. The van der Waals surface area contributed by atoms with E-state index in [1.807, 2.05) is 6.07 Å². The Morgan fingerprint density at radius 2 is 1.62 bits per heavy atom. The minimum atomic E-state index is -1.21. The number of nitrogens with zero attached hydrogens (tertiary/aromatic N) is 2. The van der Waals surface area contributed by atoms with Gasteiger partial charge in [-0.3, -0.25) is 9.48 Å². The lowest BCUT2D eigenvalue weighted by molar-refractivity contribution is -0.142. The second-order valence-corrected chi connectivity index (χ2v) is 7.11. The van der Waals surface area contributed by atoms with Gasteiger partial charge in [0.1, 0.15) is 19.2 Å². The molecule has 3 N–H and O–H groups in total. The third-order valence-corrected chi connectivity index (χ3v) is 4.44. The van der Waals surface area contributed by atoms with Crippen LogP contribution in [0.5, 0.6) is 0 Å². The van der Waals surface area contributed by atoms with Gasteiger partial charge in [0.05, 0.1) is 11.9 Å². The van der Waals surface area contributed by atoms with Crippen molar-refractivity contribution in [3.63, 3.8) is 0 Å². The van der Waals surface area contributed by atoms with Gasteiger partial charge >= 0.3 is 24.1 Å². The van der Waals surface area contributed by atoms with Gasteiger partial charge in [-0.25, -0.2) is 14.4 Å². The molecule has 11 nitrogen and oxygen atoms in total. The fraction of sp³-hybridized carbons (Fsp3) is 0.174. The molecule has 0 spiro atoms. The number of anilines is 1. The van der Waals surface area contributed by atoms with Crippen LogP contribution in [-0.2, 0) is 38.6 Å². The average molecular weight is 466 g/mol. The molecule has 0 aliphatic heterocycles. The summed E-state index contributed by atoms with van der Waals surface area (Å²) in [5.41, 5.74) is 1.65. The first-order valence-corrected chi connectivity index (χ1v) is 10.2. The Hall–Kier alpha value is -4.67. The number of carboxylic acids is 1. The van der Waals surface area contributed by atoms with E-state index in [1.54, 1.807) is 54.6 Å². The van der Waals surface area contributed by atoms with Gasteiger partial charge < -0.3 is 25.2 Å². The molecule has 2 amide bonds. The molecule has 0 aliphatic rings. The van der Waals surface area contributed by atoms with E-state index in [0.29, 0.717) is 5.56 Å². The van der Waals surface area contributed by atoms with E-state index in [9.17, 15) is 19.2 Å². The highest BCUT2D eigenvalue weighted by Gasteiger charge is 2.26. The summed E-state index contributed by atoms with van der Waals surface area (Å²) in [5, 5.41) is 17.5. The van der Waals surface area contributed by atoms with Crippen LogP contribution in [0.2, 0.25) is 0 Å². The number of aliphatic carboxylic acids is 1. The minimum absolute atomic E-state index is 0.0529. The molecule has 1 aromatic heterocycles. The van der Waals surface area contributed by atoms with Crippen LogP contribution in [-0.4, -0.2) is 45.1 Å². The van der Waals surface area contributed by atoms with Gasteiger partial charge in [0.25, 0.3) is 0 Å². The summed E-state index contributed by atoms with van der Waals surface area (Å²) in [6.07, 6.45) is 1.44. The second kappa shape index (κ2) is 11.8. The van der Waals surface area contributed by atoms with Gasteiger partial charge in [0, 0.05) is 12.6 Å². The van der Waals surface area contributed by atoms with Crippen LogP contribution in [0.3, 0.4) is 0 Å². The summed E-state index contributed by atoms with van der Waals surface area (Å²) in [7, 11) is 0. The number of nitrogens with one attached hydrogen (secondary N) is 2. The van der Waals surface area contributed by atoms with Crippen LogP contribution in [0.1, 0.15) is 11.1 Å². The monoisotopic (exact) mass is 466 g/mol. The van der Waals surface area contributed by atoms with E-state index in [-0.39, 0.29) is 25.3 Å². The van der Waals surface area contributed by atoms with E-state index in [4.69, 9.17) is 14.6 Å². The number of urea groups is 1. The molecule has 3 rings (SSSR count). The molecule has 176 valence electrons. The number of amides is 2. The summed E-state index contributed by atoms with van der Waals surface area (Å²) in [6, 6.07) is 15.7. The number of aromatic nitrogens is 2. The maximum absolute atomic E-state index is 12.6. The molecule has 1 heterocycles. The summed E-state index contributed by atoms with van der Waals surface area (Å²) in [6.45, 7) is -0.456. The minimum Gasteiger partial charge on any atom is -0.480 e. The van der Waals surface area contributed by atoms with Crippen molar-refractivity contribution < 1.29 is 33.8 Å². The van der Waals surface area contributed by atoms with E-state index >= 15 is 0 Å². The van der Waals surface area contributed by atoms with E-state index in [2.05, 4.69) is 15.7 Å². The number of benzene rings is 2. The lowest BCUT2D eigenvalue weighted by atomic mass is 10.1. The van der Waals surface area contributed by atoms with Crippen LogP contribution in [0.4, 0.5) is 15.3 Å². The van der Waals surface area contributed by atoms with Gasteiger partial charge in [-0.2, -0.15) is 5.10 Å². The Bertz CT molecular complexity index is 1130. The van der Waals surface area contributed by atoms with Crippen LogP contribution >= 0.6 is 0 Å².